The van der Waals surface area contributed by atoms with Crippen LogP contribution in [-0.2, 0) is 0 Å². The topological polar surface area (TPSA) is 51.0 Å². The van der Waals surface area contributed by atoms with Gasteiger partial charge in [-0.25, -0.2) is 0 Å². The Morgan fingerprint density at radius 2 is 2.40 bits per heavy atom. The van der Waals surface area contributed by atoms with Gasteiger partial charge >= 0.3 is 0 Å². The van der Waals surface area contributed by atoms with Crippen LogP contribution in [0.1, 0.15) is 12.8 Å². The Hall–Kier alpha value is -0.770. The molecule has 4 nitrogen and oxygen atoms in total. The third-order valence-electron chi connectivity index (χ3n) is 1.29. The molecular weight excluding hydrogens is 154 g/mol. The number of nitrogens with zero attached hydrogens (tertiary/aromatic N) is 2. The molecule has 1 aliphatic rings. The van der Waals surface area contributed by atoms with Crippen molar-refractivity contribution in [2.24, 2.45) is 0 Å². The second kappa shape index (κ2) is 2.88. The summed E-state index contributed by atoms with van der Waals surface area (Å²) in [6.45, 7) is 0. The van der Waals surface area contributed by atoms with Crippen LogP contribution in [0.3, 0.4) is 0 Å². The molecule has 0 radical (unpaired) electrons. The maximum atomic E-state index is 4.71. The standard InChI is InChI=1S/C5H7N3O.ClH/c1-2-4(1)7-5-3-6-8-9-5;/h3-4,7H,1-2H2;1H. The molecule has 1 fully saturated rings. The number of rotatable bonds is 2. The summed E-state index contributed by atoms with van der Waals surface area (Å²) in [5.74, 6) is 0.678. The molecule has 0 bridgehead atoms. The molecule has 1 saturated carbocycles. The number of anilines is 1. The SMILES string of the molecule is Cl.c1nnoc1NC1CC1. The Morgan fingerprint density at radius 1 is 1.60 bits per heavy atom. The molecule has 0 aromatic carbocycles. The summed E-state index contributed by atoms with van der Waals surface area (Å²) in [7, 11) is 0. The fourth-order valence-electron chi connectivity index (χ4n) is 0.660. The molecule has 0 saturated heterocycles. The molecule has 0 amide bonds. The number of hydrogen-bond acceptors (Lipinski definition) is 4. The van der Waals surface area contributed by atoms with Gasteiger partial charge in [0.15, 0.2) is 0 Å². The molecule has 0 aliphatic heterocycles. The van der Waals surface area contributed by atoms with Crippen LogP contribution in [0.4, 0.5) is 5.88 Å². The first-order valence-corrected chi connectivity index (χ1v) is 2.99. The largest absolute Gasteiger partial charge is 0.350 e. The van der Waals surface area contributed by atoms with Crippen molar-refractivity contribution >= 4 is 18.3 Å². The van der Waals surface area contributed by atoms with E-state index in [0.717, 1.165) is 0 Å². The van der Waals surface area contributed by atoms with Gasteiger partial charge in [-0.15, -0.1) is 17.5 Å². The molecule has 1 aliphatic carbocycles. The lowest BCUT2D eigenvalue weighted by Crippen LogP contribution is -1.98. The van der Waals surface area contributed by atoms with Gasteiger partial charge in [0.1, 0.15) is 6.20 Å². The van der Waals surface area contributed by atoms with Crippen molar-refractivity contribution in [3.8, 4) is 0 Å². The van der Waals surface area contributed by atoms with Gasteiger partial charge in [0, 0.05) is 11.3 Å². The Morgan fingerprint density at radius 3 is 2.90 bits per heavy atom. The van der Waals surface area contributed by atoms with E-state index in [1.54, 1.807) is 6.20 Å². The summed E-state index contributed by atoms with van der Waals surface area (Å²) in [6, 6.07) is 0.611. The molecule has 5 heteroatoms. The summed E-state index contributed by atoms with van der Waals surface area (Å²) in [4.78, 5) is 0. The average Bonchev–Trinajstić information content (AvgIpc) is 2.46. The fourth-order valence-corrected chi connectivity index (χ4v) is 0.660. The van der Waals surface area contributed by atoms with E-state index >= 15 is 0 Å². The van der Waals surface area contributed by atoms with Crippen molar-refractivity contribution in [2.75, 3.05) is 5.32 Å². The highest BCUT2D eigenvalue weighted by molar-refractivity contribution is 5.85. The lowest BCUT2D eigenvalue weighted by atomic mass is 10.6. The van der Waals surface area contributed by atoms with Gasteiger partial charge in [0.05, 0.1) is 0 Å². The van der Waals surface area contributed by atoms with Crippen molar-refractivity contribution in [2.45, 2.75) is 18.9 Å². The Balaban J connectivity index is 0.000000500. The monoisotopic (exact) mass is 161 g/mol. The van der Waals surface area contributed by atoms with E-state index in [1.165, 1.54) is 12.8 Å². The number of aromatic nitrogens is 2. The highest BCUT2D eigenvalue weighted by Crippen LogP contribution is 2.23. The van der Waals surface area contributed by atoms with Crippen LogP contribution in [0.5, 0.6) is 0 Å². The molecule has 1 heterocycles. The van der Waals surface area contributed by atoms with E-state index in [4.69, 9.17) is 4.52 Å². The zero-order valence-corrected chi connectivity index (χ0v) is 6.10. The minimum Gasteiger partial charge on any atom is -0.350 e. The molecule has 2 rings (SSSR count). The minimum atomic E-state index is 0. The molecule has 1 N–H and O–H groups in total. The van der Waals surface area contributed by atoms with Gasteiger partial charge in [-0.05, 0) is 12.8 Å². The second-order valence-electron chi connectivity index (χ2n) is 2.20. The Kier molecular flexibility index (Phi) is 2.11. The first-order chi connectivity index (χ1) is 4.45. The van der Waals surface area contributed by atoms with E-state index in [-0.39, 0.29) is 12.4 Å². The molecule has 1 aromatic rings. The minimum absolute atomic E-state index is 0. The third-order valence-corrected chi connectivity index (χ3v) is 1.29. The van der Waals surface area contributed by atoms with Crippen molar-refractivity contribution < 1.29 is 4.52 Å². The smallest absolute Gasteiger partial charge is 0.245 e. The van der Waals surface area contributed by atoms with Crippen molar-refractivity contribution in [1.29, 1.82) is 0 Å². The maximum absolute atomic E-state index is 4.71. The van der Waals surface area contributed by atoms with Gasteiger partial charge in [-0.2, -0.15) is 0 Å². The molecule has 10 heavy (non-hydrogen) atoms. The molecule has 56 valence electrons. The number of halogens is 1. The van der Waals surface area contributed by atoms with Gasteiger partial charge in [-0.3, -0.25) is 0 Å². The number of nitrogens with one attached hydrogen (secondary N) is 1. The van der Waals surface area contributed by atoms with Crippen LogP contribution in [-0.4, -0.2) is 16.4 Å². The van der Waals surface area contributed by atoms with Crippen LogP contribution in [0, 0.1) is 0 Å². The van der Waals surface area contributed by atoms with Crippen LogP contribution in [0.2, 0.25) is 0 Å². The Labute approximate surface area is 64.4 Å². The summed E-state index contributed by atoms with van der Waals surface area (Å²) in [5, 5.41) is 9.94. The molecular formula is C5H8ClN3O. The predicted molar refractivity (Wildman–Crippen MR) is 38.2 cm³/mol. The maximum Gasteiger partial charge on any atom is 0.245 e. The van der Waals surface area contributed by atoms with Crippen LogP contribution < -0.4 is 5.32 Å². The first-order valence-electron chi connectivity index (χ1n) is 2.99. The van der Waals surface area contributed by atoms with E-state index in [9.17, 15) is 0 Å². The molecule has 0 unspecified atom stereocenters. The lowest BCUT2D eigenvalue weighted by Gasteiger charge is -1.92. The van der Waals surface area contributed by atoms with Crippen LogP contribution in [0.15, 0.2) is 10.7 Å². The molecule has 0 atom stereocenters. The predicted octanol–water partition coefficient (Wildman–Crippen LogP) is 1.07. The second-order valence-corrected chi connectivity index (χ2v) is 2.20. The van der Waals surface area contributed by atoms with Crippen molar-refractivity contribution in [1.82, 2.24) is 10.4 Å². The third kappa shape index (κ3) is 1.60. The normalized spacial score (nSPS) is 16.0. The van der Waals surface area contributed by atoms with Crippen LogP contribution >= 0.6 is 12.4 Å². The summed E-state index contributed by atoms with van der Waals surface area (Å²) < 4.78 is 4.71. The van der Waals surface area contributed by atoms with Crippen molar-refractivity contribution in [3.63, 3.8) is 0 Å². The van der Waals surface area contributed by atoms with E-state index in [0.29, 0.717) is 11.9 Å². The van der Waals surface area contributed by atoms with E-state index < -0.39 is 0 Å². The summed E-state index contributed by atoms with van der Waals surface area (Å²) in [5.41, 5.74) is 0. The van der Waals surface area contributed by atoms with Gasteiger partial charge in [-0.1, -0.05) is 0 Å². The zero-order chi connectivity index (χ0) is 6.10. The van der Waals surface area contributed by atoms with E-state index in [2.05, 4.69) is 15.7 Å². The molecule has 0 spiro atoms. The van der Waals surface area contributed by atoms with Gasteiger partial charge in [0.2, 0.25) is 5.88 Å². The summed E-state index contributed by atoms with van der Waals surface area (Å²) >= 11 is 0. The highest BCUT2D eigenvalue weighted by Gasteiger charge is 2.21. The Bertz CT molecular complexity index is 185. The number of hydrogen-bond donors (Lipinski definition) is 1. The highest BCUT2D eigenvalue weighted by atomic mass is 35.5. The van der Waals surface area contributed by atoms with E-state index in [1.807, 2.05) is 0 Å². The quantitative estimate of drug-likeness (QED) is 0.705. The van der Waals surface area contributed by atoms with Gasteiger partial charge in [0.25, 0.3) is 0 Å². The van der Waals surface area contributed by atoms with Gasteiger partial charge < -0.3 is 9.84 Å². The lowest BCUT2D eigenvalue weighted by molar-refractivity contribution is 0.403. The average molecular weight is 162 g/mol. The fraction of sp³-hybridized carbons (Fsp3) is 0.600. The summed E-state index contributed by atoms with van der Waals surface area (Å²) in [6.07, 6.45) is 4.06. The zero-order valence-electron chi connectivity index (χ0n) is 5.28. The van der Waals surface area contributed by atoms with Crippen LogP contribution in [0.25, 0.3) is 0 Å². The van der Waals surface area contributed by atoms with Crippen molar-refractivity contribution in [3.05, 3.63) is 6.20 Å². The molecule has 1 aromatic heterocycles. The first kappa shape index (κ1) is 7.34.